The molecule has 4 heteroatoms. The minimum atomic E-state index is 0.623. The molecule has 0 bridgehead atoms. The lowest BCUT2D eigenvalue weighted by Gasteiger charge is -2.23. The first kappa shape index (κ1) is 20.8. The predicted molar refractivity (Wildman–Crippen MR) is 119 cm³/mol. The first-order valence-corrected chi connectivity index (χ1v) is 11.2. The van der Waals surface area contributed by atoms with Gasteiger partial charge in [-0.2, -0.15) is 0 Å². The van der Waals surface area contributed by atoms with E-state index in [2.05, 4.69) is 64.6 Å². The number of aromatic nitrogens is 2. The highest BCUT2D eigenvalue weighted by Gasteiger charge is 2.23. The first-order valence-electron chi connectivity index (χ1n) is 11.2. The second-order valence-corrected chi connectivity index (χ2v) is 7.94. The van der Waals surface area contributed by atoms with Crippen molar-refractivity contribution >= 4 is 5.82 Å². The third kappa shape index (κ3) is 5.78. The van der Waals surface area contributed by atoms with Crippen molar-refractivity contribution in [3.8, 4) is 11.3 Å². The lowest BCUT2D eigenvalue weighted by molar-refractivity contribution is 0.277. The molecule has 1 aliphatic heterocycles. The Hall–Kier alpha value is -1.94. The van der Waals surface area contributed by atoms with Crippen LogP contribution in [0.3, 0.4) is 0 Å². The summed E-state index contributed by atoms with van der Waals surface area (Å²) in [6, 6.07) is 13.3. The highest BCUT2D eigenvalue weighted by atomic mass is 15.2. The number of likely N-dealkylation sites (N-methyl/N-ethyl adjacent to an activating group) is 1. The Morgan fingerprint density at radius 1 is 1.04 bits per heavy atom. The monoisotopic (exact) mass is 380 g/mol. The standard InChI is InChI=1S/C24H36N4/c1-3-5-6-7-9-15-21-18-23(20-13-10-8-11-14-20)26-27-24(21)25-19-22-16-12-17-28(22)4-2/h8,10-11,13-14,18,22H,3-7,9,12,15-17,19H2,1-2H3,(H,25,27). The van der Waals surface area contributed by atoms with Gasteiger partial charge in [0.1, 0.15) is 0 Å². The molecule has 1 aromatic heterocycles. The molecule has 1 fully saturated rings. The van der Waals surface area contributed by atoms with E-state index < -0.39 is 0 Å². The van der Waals surface area contributed by atoms with Crippen LogP contribution in [0, 0.1) is 0 Å². The third-order valence-electron chi connectivity index (χ3n) is 5.90. The minimum absolute atomic E-state index is 0.623. The molecule has 1 aliphatic rings. The largest absolute Gasteiger partial charge is 0.367 e. The van der Waals surface area contributed by atoms with Crippen molar-refractivity contribution in [3.05, 3.63) is 42.0 Å². The Labute approximate surface area is 170 Å². The molecule has 1 saturated heterocycles. The van der Waals surface area contributed by atoms with E-state index in [0.29, 0.717) is 6.04 Å². The maximum atomic E-state index is 4.60. The van der Waals surface area contributed by atoms with Gasteiger partial charge in [0.25, 0.3) is 0 Å². The molecule has 1 atom stereocenters. The van der Waals surface area contributed by atoms with Crippen molar-refractivity contribution in [1.29, 1.82) is 0 Å². The second kappa shape index (κ2) is 11.2. The highest BCUT2D eigenvalue weighted by molar-refractivity contribution is 5.61. The van der Waals surface area contributed by atoms with Crippen LogP contribution >= 0.6 is 0 Å². The number of hydrogen-bond acceptors (Lipinski definition) is 4. The Kier molecular flexibility index (Phi) is 8.28. The molecular formula is C24H36N4. The smallest absolute Gasteiger partial charge is 0.151 e. The average Bonchev–Trinajstić information content (AvgIpc) is 3.21. The quantitative estimate of drug-likeness (QED) is 0.519. The predicted octanol–water partition coefficient (Wildman–Crippen LogP) is 5.55. The zero-order valence-corrected chi connectivity index (χ0v) is 17.7. The van der Waals surface area contributed by atoms with E-state index >= 15 is 0 Å². The summed E-state index contributed by atoms with van der Waals surface area (Å²) in [5.74, 6) is 0.984. The summed E-state index contributed by atoms with van der Waals surface area (Å²) in [6.45, 7) is 7.86. The number of likely N-dealkylation sites (tertiary alicyclic amines) is 1. The first-order chi connectivity index (χ1) is 13.8. The number of hydrogen-bond donors (Lipinski definition) is 1. The molecule has 2 heterocycles. The van der Waals surface area contributed by atoms with E-state index in [-0.39, 0.29) is 0 Å². The number of nitrogens with one attached hydrogen (secondary N) is 1. The molecule has 0 spiro atoms. The van der Waals surface area contributed by atoms with Crippen LogP contribution in [0.25, 0.3) is 11.3 Å². The van der Waals surface area contributed by atoms with Gasteiger partial charge in [0.2, 0.25) is 0 Å². The number of rotatable bonds is 11. The molecule has 28 heavy (non-hydrogen) atoms. The lowest BCUT2D eigenvalue weighted by atomic mass is 10.0. The van der Waals surface area contributed by atoms with Crippen molar-refractivity contribution < 1.29 is 0 Å². The van der Waals surface area contributed by atoms with Gasteiger partial charge in [0, 0.05) is 18.2 Å². The van der Waals surface area contributed by atoms with Gasteiger partial charge in [0.05, 0.1) is 5.69 Å². The van der Waals surface area contributed by atoms with Crippen LogP contribution in [0.4, 0.5) is 5.82 Å². The molecule has 1 aromatic carbocycles. The Bertz CT molecular complexity index is 701. The van der Waals surface area contributed by atoms with Gasteiger partial charge < -0.3 is 5.32 Å². The van der Waals surface area contributed by atoms with Crippen LogP contribution in [0.5, 0.6) is 0 Å². The van der Waals surface area contributed by atoms with E-state index in [1.807, 2.05) is 6.07 Å². The molecule has 0 amide bonds. The molecule has 152 valence electrons. The van der Waals surface area contributed by atoms with Crippen LogP contribution < -0.4 is 5.32 Å². The highest BCUT2D eigenvalue weighted by Crippen LogP contribution is 2.24. The Balaban J connectivity index is 1.69. The van der Waals surface area contributed by atoms with E-state index in [1.54, 1.807) is 0 Å². The van der Waals surface area contributed by atoms with E-state index in [4.69, 9.17) is 0 Å². The van der Waals surface area contributed by atoms with Crippen molar-refractivity contribution in [2.24, 2.45) is 0 Å². The van der Waals surface area contributed by atoms with Crippen LogP contribution in [-0.4, -0.2) is 40.8 Å². The average molecular weight is 381 g/mol. The molecule has 0 radical (unpaired) electrons. The third-order valence-corrected chi connectivity index (χ3v) is 5.90. The summed E-state index contributed by atoms with van der Waals surface area (Å²) in [5.41, 5.74) is 3.43. The van der Waals surface area contributed by atoms with Crippen LogP contribution in [0.2, 0.25) is 0 Å². The zero-order valence-electron chi connectivity index (χ0n) is 17.7. The molecule has 2 aromatic rings. The zero-order chi connectivity index (χ0) is 19.6. The van der Waals surface area contributed by atoms with Crippen molar-refractivity contribution in [3.63, 3.8) is 0 Å². The van der Waals surface area contributed by atoms with Crippen LogP contribution in [0.1, 0.15) is 64.4 Å². The molecule has 4 nitrogen and oxygen atoms in total. The number of aryl methyl sites for hydroxylation is 1. The topological polar surface area (TPSA) is 41.1 Å². The Morgan fingerprint density at radius 2 is 1.86 bits per heavy atom. The molecule has 1 unspecified atom stereocenters. The summed E-state index contributed by atoms with van der Waals surface area (Å²) < 4.78 is 0. The van der Waals surface area contributed by atoms with Crippen LogP contribution in [-0.2, 0) is 6.42 Å². The van der Waals surface area contributed by atoms with Gasteiger partial charge in [-0.1, -0.05) is 69.9 Å². The lowest BCUT2D eigenvalue weighted by Crippen LogP contribution is -2.35. The maximum absolute atomic E-state index is 4.60. The summed E-state index contributed by atoms with van der Waals surface area (Å²) in [4.78, 5) is 2.57. The van der Waals surface area contributed by atoms with Crippen molar-refractivity contribution in [2.45, 2.75) is 71.3 Å². The van der Waals surface area contributed by atoms with Crippen molar-refractivity contribution in [1.82, 2.24) is 15.1 Å². The minimum Gasteiger partial charge on any atom is -0.367 e. The molecule has 3 rings (SSSR count). The second-order valence-electron chi connectivity index (χ2n) is 7.94. The number of benzene rings is 1. The summed E-state index contributed by atoms with van der Waals surface area (Å²) in [7, 11) is 0. The summed E-state index contributed by atoms with van der Waals surface area (Å²) >= 11 is 0. The molecule has 1 N–H and O–H groups in total. The van der Waals surface area contributed by atoms with Gasteiger partial charge in [-0.25, -0.2) is 0 Å². The van der Waals surface area contributed by atoms with E-state index in [0.717, 1.165) is 36.6 Å². The van der Waals surface area contributed by atoms with Gasteiger partial charge in [-0.3, -0.25) is 4.90 Å². The fourth-order valence-electron chi connectivity index (χ4n) is 4.20. The summed E-state index contributed by atoms with van der Waals surface area (Å²) in [5, 5.41) is 12.8. The number of unbranched alkanes of at least 4 members (excludes halogenated alkanes) is 4. The maximum Gasteiger partial charge on any atom is 0.151 e. The molecule has 0 saturated carbocycles. The molecule has 0 aliphatic carbocycles. The summed E-state index contributed by atoms with van der Waals surface area (Å²) in [6.07, 6.45) is 10.1. The fourth-order valence-corrected chi connectivity index (χ4v) is 4.20. The van der Waals surface area contributed by atoms with Crippen molar-refractivity contribution in [2.75, 3.05) is 25.0 Å². The van der Waals surface area contributed by atoms with Gasteiger partial charge in [-0.15, -0.1) is 10.2 Å². The molecular weight excluding hydrogens is 344 g/mol. The van der Waals surface area contributed by atoms with Gasteiger partial charge in [0.15, 0.2) is 5.82 Å². The van der Waals surface area contributed by atoms with Gasteiger partial charge >= 0.3 is 0 Å². The Morgan fingerprint density at radius 3 is 2.64 bits per heavy atom. The van der Waals surface area contributed by atoms with Crippen LogP contribution in [0.15, 0.2) is 36.4 Å². The normalized spacial score (nSPS) is 17.1. The van der Waals surface area contributed by atoms with E-state index in [1.165, 1.54) is 57.1 Å². The number of anilines is 1. The SMILES string of the molecule is CCCCCCCc1cc(-c2ccccc2)nnc1NCC1CCCN1CC. The number of nitrogens with zero attached hydrogens (tertiary/aromatic N) is 3. The van der Waals surface area contributed by atoms with Gasteiger partial charge in [-0.05, 0) is 50.4 Å². The van der Waals surface area contributed by atoms with E-state index in [9.17, 15) is 0 Å². The fraction of sp³-hybridized carbons (Fsp3) is 0.583.